The molecule has 5 nitrogen and oxygen atoms in total. The van der Waals surface area contributed by atoms with Crippen molar-refractivity contribution in [1.82, 2.24) is 0 Å². The van der Waals surface area contributed by atoms with Crippen molar-refractivity contribution in [3.05, 3.63) is 42.0 Å². The first-order valence-corrected chi connectivity index (χ1v) is 6.41. The molecule has 0 saturated carbocycles. The minimum absolute atomic E-state index is 0.121. The molecule has 0 aromatic heterocycles. The minimum Gasteiger partial charge on any atom is -0.493 e. The predicted molar refractivity (Wildman–Crippen MR) is 79.8 cm³/mol. The van der Waals surface area contributed by atoms with Gasteiger partial charge in [0, 0.05) is 6.08 Å². The van der Waals surface area contributed by atoms with Gasteiger partial charge in [0.05, 0.1) is 21.3 Å². The van der Waals surface area contributed by atoms with Crippen LogP contribution in [-0.2, 0) is 16.1 Å². The maximum absolute atomic E-state index is 11.5. The molecule has 0 aliphatic heterocycles. The number of allylic oxidation sites excluding steroid dienone is 3. The van der Waals surface area contributed by atoms with E-state index in [1.54, 1.807) is 24.3 Å². The molecule has 0 N–H and O–H groups in total. The lowest BCUT2D eigenvalue weighted by Gasteiger charge is -2.14. The highest BCUT2D eigenvalue weighted by Gasteiger charge is 2.13. The molecule has 0 heterocycles. The van der Waals surface area contributed by atoms with Crippen molar-refractivity contribution in [2.24, 2.45) is 0 Å². The van der Waals surface area contributed by atoms with Crippen LogP contribution in [0.2, 0.25) is 0 Å². The summed E-state index contributed by atoms with van der Waals surface area (Å²) in [5.74, 6) is 1.13. The molecule has 0 fully saturated rings. The molecule has 1 aromatic rings. The molecule has 0 radical (unpaired) electrons. The Bertz CT molecular complexity index is 506. The maximum Gasteiger partial charge on any atom is 0.331 e. The van der Waals surface area contributed by atoms with Gasteiger partial charge < -0.3 is 18.9 Å². The Morgan fingerprint density at radius 2 is 1.67 bits per heavy atom. The number of carbonyl (C=O) groups excluding carboxylic acids is 1. The first-order valence-electron chi connectivity index (χ1n) is 6.41. The van der Waals surface area contributed by atoms with Crippen LogP contribution in [0.1, 0.15) is 12.5 Å². The minimum atomic E-state index is -0.415. The van der Waals surface area contributed by atoms with Crippen molar-refractivity contribution in [2.45, 2.75) is 13.5 Å². The van der Waals surface area contributed by atoms with Crippen molar-refractivity contribution in [3.8, 4) is 17.2 Å². The van der Waals surface area contributed by atoms with Gasteiger partial charge in [-0.05, 0) is 24.6 Å². The van der Waals surface area contributed by atoms with Crippen LogP contribution >= 0.6 is 0 Å². The highest BCUT2D eigenvalue weighted by Crippen LogP contribution is 2.38. The van der Waals surface area contributed by atoms with Crippen LogP contribution in [0.4, 0.5) is 0 Å². The lowest BCUT2D eigenvalue weighted by molar-refractivity contribution is -0.139. The van der Waals surface area contributed by atoms with Gasteiger partial charge in [0.15, 0.2) is 11.5 Å². The zero-order chi connectivity index (χ0) is 15.7. The van der Waals surface area contributed by atoms with Gasteiger partial charge in [-0.25, -0.2) is 4.79 Å². The summed E-state index contributed by atoms with van der Waals surface area (Å²) in [4.78, 5) is 11.5. The number of hydrogen-bond donors (Lipinski definition) is 0. The second kappa shape index (κ2) is 8.68. The van der Waals surface area contributed by atoms with Crippen molar-refractivity contribution in [1.29, 1.82) is 0 Å². The summed E-state index contributed by atoms with van der Waals surface area (Å²) < 4.78 is 20.8. The van der Waals surface area contributed by atoms with E-state index >= 15 is 0 Å². The molecule has 21 heavy (non-hydrogen) atoms. The van der Waals surface area contributed by atoms with E-state index in [9.17, 15) is 4.79 Å². The average Bonchev–Trinajstić information content (AvgIpc) is 2.51. The van der Waals surface area contributed by atoms with Crippen molar-refractivity contribution < 1.29 is 23.7 Å². The van der Waals surface area contributed by atoms with Gasteiger partial charge in [-0.15, -0.1) is 0 Å². The summed E-state index contributed by atoms with van der Waals surface area (Å²) in [7, 11) is 4.60. The Morgan fingerprint density at radius 1 is 1.05 bits per heavy atom. The molecule has 0 amide bonds. The van der Waals surface area contributed by atoms with Gasteiger partial charge in [-0.3, -0.25) is 0 Å². The van der Waals surface area contributed by atoms with Gasteiger partial charge in [-0.1, -0.05) is 18.2 Å². The van der Waals surface area contributed by atoms with E-state index < -0.39 is 5.97 Å². The Labute approximate surface area is 124 Å². The van der Waals surface area contributed by atoms with Crippen molar-refractivity contribution in [3.63, 3.8) is 0 Å². The summed E-state index contributed by atoms with van der Waals surface area (Å²) in [5.41, 5.74) is 0.747. The fourth-order valence-corrected chi connectivity index (χ4v) is 1.67. The van der Waals surface area contributed by atoms with E-state index in [1.165, 1.54) is 27.4 Å². The molecule has 0 aliphatic carbocycles. The Kier molecular flexibility index (Phi) is 6.87. The van der Waals surface area contributed by atoms with E-state index in [-0.39, 0.29) is 6.61 Å². The molecule has 0 unspecified atom stereocenters. The summed E-state index contributed by atoms with van der Waals surface area (Å²) >= 11 is 0. The van der Waals surface area contributed by atoms with Crippen molar-refractivity contribution >= 4 is 5.97 Å². The topological polar surface area (TPSA) is 54.0 Å². The second-order valence-electron chi connectivity index (χ2n) is 4.03. The van der Waals surface area contributed by atoms with Crippen LogP contribution in [0.3, 0.4) is 0 Å². The molecule has 5 heteroatoms. The number of rotatable bonds is 7. The molecular formula is C16H20O5. The first-order chi connectivity index (χ1) is 10.2. The number of ether oxygens (including phenoxy) is 4. The van der Waals surface area contributed by atoms with E-state index in [4.69, 9.17) is 18.9 Å². The third kappa shape index (κ3) is 4.87. The predicted octanol–water partition coefficient (Wildman–Crippen LogP) is 2.89. The fourth-order valence-electron chi connectivity index (χ4n) is 1.67. The second-order valence-corrected chi connectivity index (χ2v) is 4.03. The molecule has 0 bridgehead atoms. The Hall–Kier alpha value is -2.43. The molecule has 0 spiro atoms. The first kappa shape index (κ1) is 16.6. The molecule has 114 valence electrons. The lowest BCUT2D eigenvalue weighted by Crippen LogP contribution is -2.02. The van der Waals surface area contributed by atoms with Crippen LogP contribution in [0, 0.1) is 0 Å². The van der Waals surface area contributed by atoms with Crippen LogP contribution in [0.5, 0.6) is 17.2 Å². The molecular weight excluding hydrogens is 272 g/mol. The number of methoxy groups -OCH3 is 3. The third-order valence-corrected chi connectivity index (χ3v) is 2.64. The number of carbonyl (C=O) groups is 1. The molecule has 0 atom stereocenters. The SMILES string of the molecule is CC=CC=CC(=O)OCc1cc(OC)c(OC)c(OC)c1. The average molecular weight is 292 g/mol. The van der Waals surface area contributed by atoms with Crippen LogP contribution < -0.4 is 14.2 Å². The fraction of sp³-hybridized carbons (Fsp3) is 0.312. The van der Waals surface area contributed by atoms with Gasteiger partial charge in [-0.2, -0.15) is 0 Å². The monoisotopic (exact) mass is 292 g/mol. The normalized spacial score (nSPS) is 10.9. The third-order valence-electron chi connectivity index (χ3n) is 2.64. The number of benzene rings is 1. The van der Waals surface area contributed by atoms with Gasteiger partial charge >= 0.3 is 5.97 Å². The number of hydrogen-bond acceptors (Lipinski definition) is 5. The summed E-state index contributed by atoms with van der Waals surface area (Å²) in [6.45, 7) is 1.99. The Morgan fingerprint density at radius 3 is 2.14 bits per heavy atom. The molecule has 0 saturated heterocycles. The van der Waals surface area contributed by atoms with Gasteiger partial charge in [0.25, 0.3) is 0 Å². The summed E-state index contributed by atoms with van der Waals surface area (Å²) in [5, 5.41) is 0. The highest BCUT2D eigenvalue weighted by molar-refractivity contribution is 5.82. The van der Waals surface area contributed by atoms with Gasteiger partial charge in [0.2, 0.25) is 5.75 Å². The quantitative estimate of drug-likeness (QED) is 0.439. The zero-order valence-electron chi connectivity index (χ0n) is 12.7. The zero-order valence-corrected chi connectivity index (χ0v) is 12.7. The van der Waals surface area contributed by atoms with E-state index in [1.807, 2.05) is 13.0 Å². The molecule has 0 aliphatic rings. The molecule has 1 rings (SSSR count). The number of esters is 1. The van der Waals surface area contributed by atoms with E-state index in [2.05, 4.69) is 0 Å². The van der Waals surface area contributed by atoms with Crippen LogP contribution in [0.15, 0.2) is 36.4 Å². The van der Waals surface area contributed by atoms with E-state index in [0.717, 1.165) is 5.56 Å². The summed E-state index contributed by atoms with van der Waals surface area (Å²) in [6, 6.07) is 3.48. The van der Waals surface area contributed by atoms with E-state index in [0.29, 0.717) is 17.2 Å². The molecule has 1 aromatic carbocycles. The lowest BCUT2D eigenvalue weighted by atomic mass is 10.2. The highest BCUT2D eigenvalue weighted by atomic mass is 16.5. The maximum atomic E-state index is 11.5. The Balaban J connectivity index is 2.82. The van der Waals surface area contributed by atoms with Crippen LogP contribution in [-0.4, -0.2) is 27.3 Å². The standard InChI is InChI=1S/C16H20O5/c1-5-6-7-8-15(17)21-11-12-9-13(18-2)16(20-4)14(10-12)19-3/h5-10H,11H2,1-4H3. The summed E-state index contributed by atoms with van der Waals surface area (Å²) in [6.07, 6.45) is 6.55. The van der Waals surface area contributed by atoms with Gasteiger partial charge in [0.1, 0.15) is 6.61 Å². The van der Waals surface area contributed by atoms with Crippen molar-refractivity contribution in [2.75, 3.05) is 21.3 Å². The van der Waals surface area contributed by atoms with Crippen LogP contribution in [0.25, 0.3) is 0 Å². The largest absolute Gasteiger partial charge is 0.493 e. The smallest absolute Gasteiger partial charge is 0.331 e.